The minimum atomic E-state index is 0.0312. The molecule has 2 N–H and O–H groups in total. The van der Waals surface area contributed by atoms with Gasteiger partial charge in [0.05, 0.1) is 22.8 Å². The summed E-state index contributed by atoms with van der Waals surface area (Å²) in [6, 6.07) is 35.9. The van der Waals surface area contributed by atoms with E-state index in [1.807, 2.05) is 0 Å². The Hall–Kier alpha value is -6.26. The van der Waals surface area contributed by atoms with Gasteiger partial charge in [-0.15, -0.1) is 0 Å². The fourth-order valence-corrected chi connectivity index (χ4v) is 7.89. The second-order valence-corrected chi connectivity index (χ2v) is 21.3. The number of H-pyrrole nitrogens is 2. The molecule has 0 atom stereocenters. The molecule has 314 valence electrons. The van der Waals surface area contributed by atoms with Crippen LogP contribution in [-0.4, -0.2) is 19.9 Å². The first-order valence-electron chi connectivity index (χ1n) is 22.0. The minimum Gasteiger partial charge on any atom is -0.355 e. The monoisotopic (exact) mass is 814 g/mol. The number of benzene rings is 3. The third-order valence-electron chi connectivity index (χ3n) is 11.8. The normalized spacial score (nSPS) is 13.5. The molecular weight excluding hydrogens is 753 g/mol. The maximum Gasteiger partial charge on any atom is 0.0658 e. The summed E-state index contributed by atoms with van der Waals surface area (Å²) in [4.78, 5) is 17.2. The lowest BCUT2D eigenvalue weighted by Crippen LogP contribution is -2.16. The summed E-state index contributed by atoms with van der Waals surface area (Å²) in [5, 5.41) is 0. The van der Waals surface area contributed by atoms with Gasteiger partial charge in [0, 0.05) is 27.6 Å². The third-order valence-corrected chi connectivity index (χ3v) is 11.8. The molecule has 4 nitrogen and oxygen atoms in total. The number of hydrogen-bond acceptors (Lipinski definition) is 2. The highest BCUT2D eigenvalue weighted by atomic mass is 14.8. The Bertz CT molecular complexity index is 2810. The van der Waals surface area contributed by atoms with Crippen molar-refractivity contribution < 1.29 is 0 Å². The van der Waals surface area contributed by atoms with Crippen LogP contribution in [0.5, 0.6) is 0 Å². The second kappa shape index (κ2) is 15.9. The molecule has 4 heteroatoms. The van der Waals surface area contributed by atoms with E-state index >= 15 is 0 Å². The van der Waals surface area contributed by atoms with Crippen molar-refractivity contribution in [3.8, 4) is 11.1 Å². The van der Waals surface area contributed by atoms with Crippen LogP contribution in [0, 0.1) is 0 Å². The number of fused-ring (bicyclic) bond motifs is 8. The lowest BCUT2D eigenvalue weighted by atomic mass is 9.79. The Morgan fingerprint density at radius 1 is 0.355 bits per heavy atom. The van der Waals surface area contributed by atoms with Crippen molar-refractivity contribution in [2.75, 3.05) is 0 Å². The SMILES string of the molecule is CC(C)(C)c1cc(C=Cc2cc(C=Cc3cc(C(C)(C)C)cc(C(C)(C)C)c3)cc(-c3cc4cc5nc(cc6ccc(cc7nc(cc3[nH]4)C=C7)[nH]6)C=C5)c2)cc(C(C)(C)C)c1. The van der Waals surface area contributed by atoms with Crippen molar-refractivity contribution in [1.29, 1.82) is 0 Å². The first kappa shape index (κ1) is 42.4. The fraction of sp³-hybridized carbons (Fsp3) is 0.276. The van der Waals surface area contributed by atoms with Crippen LogP contribution in [-0.2, 0) is 21.7 Å². The Kier molecular flexibility index (Phi) is 10.9. The van der Waals surface area contributed by atoms with E-state index < -0.39 is 0 Å². The van der Waals surface area contributed by atoms with E-state index in [0.29, 0.717) is 0 Å². The zero-order valence-corrected chi connectivity index (χ0v) is 38.8. The third kappa shape index (κ3) is 9.92. The molecule has 0 saturated heterocycles. The Balaban J connectivity index is 1.32. The van der Waals surface area contributed by atoms with Crippen LogP contribution < -0.4 is 0 Å². The molecule has 0 saturated carbocycles. The van der Waals surface area contributed by atoms with Gasteiger partial charge >= 0.3 is 0 Å². The first-order chi connectivity index (χ1) is 29.1. The van der Waals surface area contributed by atoms with E-state index in [0.717, 1.165) is 67.1 Å². The Morgan fingerprint density at radius 3 is 1.10 bits per heavy atom. The minimum absolute atomic E-state index is 0.0312. The summed E-state index contributed by atoms with van der Waals surface area (Å²) in [6.07, 6.45) is 17.4. The van der Waals surface area contributed by atoms with Gasteiger partial charge in [0.15, 0.2) is 0 Å². The molecule has 0 unspecified atom stereocenters. The maximum absolute atomic E-state index is 5.01. The van der Waals surface area contributed by atoms with Gasteiger partial charge < -0.3 is 9.97 Å². The van der Waals surface area contributed by atoms with Crippen molar-refractivity contribution in [3.63, 3.8) is 0 Å². The van der Waals surface area contributed by atoms with Crippen molar-refractivity contribution in [1.82, 2.24) is 19.9 Å². The molecule has 6 aromatic rings. The van der Waals surface area contributed by atoms with Crippen LogP contribution in [0.15, 0.2) is 97.1 Å². The first-order valence-corrected chi connectivity index (χ1v) is 22.0. The standard InChI is InChI=1S/C58H62N4/c1-55(2,3)42-26-39(27-43(30-42)56(4,5)6)15-13-37-23-38(14-16-40-28-44(57(7,8)9)31-45(29-40)58(10,11)12)25-41(24-37)53-35-52-34-50-20-19-48(60-50)32-46-17-18-47(59-46)33-49-21-22-51(61-49)36-54(53)62-52/h13-36,59,62H,1-12H3. The van der Waals surface area contributed by atoms with Crippen molar-refractivity contribution in [2.45, 2.75) is 105 Å². The van der Waals surface area contributed by atoms with Gasteiger partial charge in [-0.05, 0) is 157 Å². The predicted molar refractivity (Wildman–Crippen MR) is 270 cm³/mol. The Labute approximate surface area is 369 Å². The summed E-state index contributed by atoms with van der Waals surface area (Å²) in [5.74, 6) is 0. The lowest BCUT2D eigenvalue weighted by Gasteiger charge is -2.25. The Morgan fingerprint density at radius 2 is 0.710 bits per heavy atom. The predicted octanol–water partition coefficient (Wildman–Crippen LogP) is 15.9. The van der Waals surface area contributed by atoms with E-state index in [-0.39, 0.29) is 21.7 Å². The molecule has 8 rings (SSSR count). The van der Waals surface area contributed by atoms with E-state index in [1.54, 1.807) is 0 Å². The van der Waals surface area contributed by atoms with Gasteiger partial charge in [-0.25, -0.2) is 9.97 Å². The highest BCUT2D eigenvalue weighted by Crippen LogP contribution is 2.35. The van der Waals surface area contributed by atoms with Crippen molar-refractivity contribution in [2.24, 2.45) is 0 Å². The van der Waals surface area contributed by atoms with E-state index in [1.165, 1.54) is 33.4 Å². The molecule has 0 spiro atoms. The molecular formula is C58H62N4. The highest BCUT2D eigenvalue weighted by molar-refractivity contribution is 5.90. The molecule has 2 aliphatic heterocycles. The van der Waals surface area contributed by atoms with Crippen molar-refractivity contribution in [3.05, 3.63) is 164 Å². The number of aromatic nitrogens is 4. The quantitative estimate of drug-likeness (QED) is 0.170. The van der Waals surface area contributed by atoms with Crippen LogP contribution in [0.4, 0.5) is 0 Å². The summed E-state index contributed by atoms with van der Waals surface area (Å²) in [7, 11) is 0. The van der Waals surface area contributed by atoms with Crippen LogP contribution in [0.1, 0.15) is 150 Å². The average molecular weight is 815 g/mol. The number of rotatable bonds is 5. The maximum atomic E-state index is 5.01. The second-order valence-electron chi connectivity index (χ2n) is 21.3. The summed E-state index contributed by atoms with van der Waals surface area (Å²) in [6.45, 7) is 27.6. The summed E-state index contributed by atoms with van der Waals surface area (Å²) < 4.78 is 0. The zero-order valence-electron chi connectivity index (χ0n) is 38.8. The summed E-state index contributed by atoms with van der Waals surface area (Å²) >= 11 is 0. The topological polar surface area (TPSA) is 57.4 Å². The molecule has 3 aromatic carbocycles. The number of nitrogens with zero attached hydrogens (tertiary/aromatic N) is 2. The number of nitrogens with one attached hydrogen (secondary N) is 2. The van der Waals surface area contributed by atoms with E-state index in [2.05, 4.69) is 239 Å². The average Bonchev–Trinajstić information content (AvgIpc) is 4.01. The van der Waals surface area contributed by atoms with Gasteiger partial charge in [0.1, 0.15) is 0 Å². The van der Waals surface area contributed by atoms with E-state index in [4.69, 9.17) is 9.97 Å². The fourth-order valence-electron chi connectivity index (χ4n) is 7.89. The molecule has 2 aliphatic rings. The number of aromatic amines is 2. The highest BCUT2D eigenvalue weighted by Gasteiger charge is 2.22. The largest absolute Gasteiger partial charge is 0.355 e. The molecule has 8 bridgehead atoms. The smallest absolute Gasteiger partial charge is 0.0658 e. The van der Waals surface area contributed by atoms with E-state index in [9.17, 15) is 0 Å². The van der Waals surface area contributed by atoms with Crippen LogP contribution >= 0.6 is 0 Å². The van der Waals surface area contributed by atoms with Gasteiger partial charge in [0.2, 0.25) is 0 Å². The van der Waals surface area contributed by atoms with Crippen molar-refractivity contribution >= 4 is 70.7 Å². The zero-order chi connectivity index (χ0) is 44.2. The van der Waals surface area contributed by atoms with Gasteiger partial charge in [-0.2, -0.15) is 0 Å². The lowest BCUT2D eigenvalue weighted by molar-refractivity contribution is 0.568. The molecule has 5 heterocycles. The molecule has 62 heavy (non-hydrogen) atoms. The molecule has 3 aromatic heterocycles. The summed E-state index contributed by atoms with van der Waals surface area (Å²) in [5.41, 5.74) is 19.9. The molecule has 0 amide bonds. The molecule has 0 aliphatic carbocycles. The van der Waals surface area contributed by atoms with Gasteiger partial charge in [-0.1, -0.05) is 144 Å². The molecule has 0 fully saturated rings. The molecule has 0 radical (unpaired) electrons. The van der Waals surface area contributed by atoms with Gasteiger partial charge in [-0.3, -0.25) is 0 Å². The van der Waals surface area contributed by atoms with Crippen LogP contribution in [0.3, 0.4) is 0 Å². The number of hydrogen-bond donors (Lipinski definition) is 2. The van der Waals surface area contributed by atoms with Gasteiger partial charge in [0.25, 0.3) is 0 Å². The van der Waals surface area contributed by atoms with Crippen LogP contribution in [0.25, 0.3) is 81.8 Å². The van der Waals surface area contributed by atoms with Crippen LogP contribution in [0.2, 0.25) is 0 Å².